The largest absolute Gasteiger partial charge is 0.481 e. The van der Waals surface area contributed by atoms with Crippen molar-refractivity contribution in [3.8, 4) is 16.9 Å². The SMILES string of the molecule is Cc1cc(-c2ccc(C3CCC(C)CC3)cc2F)cc(F)c1OCC(F)(F)F. The van der Waals surface area contributed by atoms with Crippen LogP contribution in [0.25, 0.3) is 11.1 Å². The topological polar surface area (TPSA) is 9.23 Å². The number of ether oxygens (including phenoxy) is 1. The van der Waals surface area contributed by atoms with Crippen LogP contribution in [0.5, 0.6) is 5.75 Å². The lowest BCUT2D eigenvalue weighted by molar-refractivity contribution is -0.153. The molecule has 1 saturated carbocycles. The molecule has 0 spiro atoms. The van der Waals surface area contributed by atoms with Crippen LogP contribution in [-0.2, 0) is 0 Å². The molecule has 2 aromatic carbocycles. The average molecular weight is 398 g/mol. The van der Waals surface area contributed by atoms with Crippen LogP contribution in [0.1, 0.15) is 49.7 Å². The Hall–Kier alpha value is -2.11. The van der Waals surface area contributed by atoms with Gasteiger partial charge in [-0.25, -0.2) is 8.78 Å². The molecule has 2 aromatic rings. The van der Waals surface area contributed by atoms with Crippen LogP contribution in [0.2, 0.25) is 0 Å². The molecule has 6 heteroatoms. The minimum atomic E-state index is -4.56. The summed E-state index contributed by atoms with van der Waals surface area (Å²) in [6.45, 7) is 2.08. The maximum Gasteiger partial charge on any atom is 0.422 e. The second-order valence-electron chi connectivity index (χ2n) is 7.70. The summed E-state index contributed by atoms with van der Waals surface area (Å²) in [5.41, 5.74) is 1.62. The van der Waals surface area contributed by atoms with E-state index in [1.807, 2.05) is 6.07 Å². The van der Waals surface area contributed by atoms with Gasteiger partial charge in [0.2, 0.25) is 0 Å². The van der Waals surface area contributed by atoms with Gasteiger partial charge in [0.25, 0.3) is 0 Å². The van der Waals surface area contributed by atoms with Gasteiger partial charge < -0.3 is 4.74 Å². The Labute approximate surface area is 161 Å². The van der Waals surface area contributed by atoms with Crippen molar-refractivity contribution in [3.63, 3.8) is 0 Å². The van der Waals surface area contributed by atoms with E-state index in [-0.39, 0.29) is 16.7 Å². The van der Waals surface area contributed by atoms with Gasteiger partial charge in [0.15, 0.2) is 18.2 Å². The molecule has 1 aliphatic carbocycles. The molecule has 0 unspecified atom stereocenters. The minimum absolute atomic E-state index is 0.184. The third-order valence-electron chi connectivity index (χ3n) is 5.40. The fourth-order valence-electron chi connectivity index (χ4n) is 3.84. The van der Waals surface area contributed by atoms with Crippen LogP contribution in [0.15, 0.2) is 30.3 Å². The van der Waals surface area contributed by atoms with Crippen molar-refractivity contribution in [3.05, 3.63) is 53.1 Å². The van der Waals surface area contributed by atoms with E-state index in [0.717, 1.165) is 37.3 Å². The van der Waals surface area contributed by atoms with Crippen molar-refractivity contribution in [2.24, 2.45) is 5.92 Å². The van der Waals surface area contributed by atoms with E-state index >= 15 is 0 Å². The van der Waals surface area contributed by atoms with Gasteiger partial charge in [-0.2, -0.15) is 13.2 Å². The highest BCUT2D eigenvalue weighted by Crippen LogP contribution is 2.38. The van der Waals surface area contributed by atoms with Crippen molar-refractivity contribution >= 4 is 0 Å². The highest BCUT2D eigenvalue weighted by molar-refractivity contribution is 5.67. The predicted molar refractivity (Wildman–Crippen MR) is 98.5 cm³/mol. The molecule has 0 N–H and O–H groups in total. The molecule has 0 atom stereocenters. The Kier molecular flexibility index (Phi) is 5.96. The van der Waals surface area contributed by atoms with Crippen LogP contribution < -0.4 is 4.74 Å². The van der Waals surface area contributed by atoms with Gasteiger partial charge in [-0.15, -0.1) is 0 Å². The highest BCUT2D eigenvalue weighted by atomic mass is 19.4. The molecule has 152 valence electrons. The lowest BCUT2D eigenvalue weighted by Crippen LogP contribution is -2.20. The van der Waals surface area contributed by atoms with E-state index in [9.17, 15) is 22.0 Å². The number of hydrogen-bond acceptors (Lipinski definition) is 1. The summed E-state index contributed by atoms with van der Waals surface area (Å²) in [7, 11) is 0. The first-order valence-electron chi connectivity index (χ1n) is 9.43. The summed E-state index contributed by atoms with van der Waals surface area (Å²) in [6, 6.07) is 7.43. The van der Waals surface area contributed by atoms with Crippen molar-refractivity contribution in [2.45, 2.75) is 51.6 Å². The summed E-state index contributed by atoms with van der Waals surface area (Å²) >= 11 is 0. The van der Waals surface area contributed by atoms with Crippen LogP contribution in [-0.4, -0.2) is 12.8 Å². The molecule has 0 radical (unpaired) electrons. The van der Waals surface area contributed by atoms with Crippen molar-refractivity contribution < 1.29 is 26.7 Å². The van der Waals surface area contributed by atoms with E-state index in [4.69, 9.17) is 0 Å². The first kappa shape index (κ1) is 20.6. The zero-order chi connectivity index (χ0) is 20.5. The van der Waals surface area contributed by atoms with E-state index in [0.29, 0.717) is 11.8 Å². The zero-order valence-electron chi connectivity index (χ0n) is 15.9. The summed E-state index contributed by atoms with van der Waals surface area (Å²) in [5, 5.41) is 0. The molecule has 0 amide bonds. The lowest BCUT2D eigenvalue weighted by atomic mass is 9.79. The second-order valence-corrected chi connectivity index (χ2v) is 7.70. The fraction of sp³-hybridized carbons (Fsp3) is 0.455. The van der Waals surface area contributed by atoms with Gasteiger partial charge in [-0.1, -0.05) is 31.9 Å². The van der Waals surface area contributed by atoms with Gasteiger partial charge in [-0.3, -0.25) is 0 Å². The summed E-state index contributed by atoms with van der Waals surface area (Å²) in [4.78, 5) is 0. The van der Waals surface area contributed by atoms with Crippen molar-refractivity contribution in [2.75, 3.05) is 6.61 Å². The molecule has 0 aliphatic heterocycles. The maximum absolute atomic E-state index is 14.7. The molecule has 0 saturated heterocycles. The molecule has 0 bridgehead atoms. The molecular weight excluding hydrogens is 375 g/mol. The van der Waals surface area contributed by atoms with Gasteiger partial charge in [0.1, 0.15) is 5.82 Å². The molecule has 3 rings (SSSR count). The molecule has 1 nitrogen and oxygen atoms in total. The number of rotatable bonds is 4. The van der Waals surface area contributed by atoms with Crippen LogP contribution in [0.4, 0.5) is 22.0 Å². The monoisotopic (exact) mass is 398 g/mol. The number of benzene rings is 2. The quantitative estimate of drug-likeness (QED) is 0.496. The fourth-order valence-corrected chi connectivity index (χ4v) is 3.84. The Morgan fingerprint density at radius 3 is 2.21 bits per heavy atom. The van der Waals surface area contributed by atoms with E-state index in [2.05, 4.69) is 11.7 Å². The molecule has 1 aliphatic rings. The first-order chi connectivity index (χ1) is 13.1. The number of aryl methyl sites for hydroxylation is 1. The number of alkyl halides is 3. The van der Waals surface area contributed by atoms with Crippen molar-refractivity contribution in [1.29, 1.82) is 0 Å². The van der Waals surface area contributed by atoms with Gasteiger partial charge >= 0.3 is 6.18 Å². The van der Waals surface area contributed by atoms with Crippen LogP contribution in [0.3, 0.4) is 0 Å². The smallest absolute Gasteiger partial charge is 0.422 e. The van der Waals surface area contributed by atoms with Gasteiger partial charge in [0, 0.05) is 5.56 Å². The second kappa shape index (κ2) is 8.10. The maximum atomic E-state index is 14.7. The Morgan fingerprint density at radius 1 is 0.964 bits per heavy atom. The molecule has 0 heterocycles. The molecule has 0 aromatic heterocycles. The lowest BCUT2D eigenvalue weighted by Gasteiger charge is -2.26. The van der Waals surface area contributed by atoms with Crippen LogP contribution in [0, 0.1) is 24.5 Å². The molecule has 28 heavy (non-hydrogen) atoms. The Bertz CT molecular complexity index is 812. The minimum Gasteiger partial charge on any atom is -0.481 e. The summed E-state index contributed by atoms with van der Waals surface area (Å²) < 4.78 is 70.5. The van der Waals surface area contributed by atoms with E-state index in [1.54, 1.807) is 6.07 Å². The van der Waals surface area contributed by atoms with E-state index < -0.39 is 30.2 Å². The first-order valence-corrected chi connectivity index (χ1v) is 9.43. The standard InChI is InChI=1S/C22H23F5O/c1-13-3-5-15(6-4-13)16-7-8-18(19(23)10-16)17-9-14(2)21(20(24)11-17)28-12-22(25,26)27/h7-11,13,15H,3-6,12H2,1-2H3. The third-order valence-corrected chi connectivity index (χ3v) is 5.40. The predicted octanol–water partition coefficient (Wildman–Crippen LogP) is 7.18. The van der Waals surface area contributed by atoms with Crippen molar-refractivity contribution in [1.82, 2.24) is 0 Å². The normalized spacial score (nSPS) is 20.2. The average Bonchev–Trinajstić information content (AvgIpc) is 2.60. The number of halogens is 5. The zero-order valence-corrected chi connectivity index (χ0v) is 15.9. The number of hydrogen-bond donors (Lipinski definition) is 0. The van der Waals surface area contributed by atoms with E-state index in [1.165, 1.54) is 19.1 Å². The third kappa shape index (κ3) is 4.83. The highest BCUT2D eigenvalue weighted by Gasteiger charge is 2.29. The van der Waals surface area contributed by atoms with Gasteiger partial charge in [-0.05, 0) is 66.5 Å². The van der Waals surface area contributed by atoms with Crippen LogP contribution >= 0.6 is 0 Å². The molecular formula is C22H23F5O. The Balaban J connectivity index is 1.83. The summed E-state index contributed by atoms with van der Waals surface area (Å²) in [5.74, 6) is -0.835. The molecule has 1 fully saturated rings. The summed E-state index contributed by atoms with van der Waals surface area (Å²) in [6.07, 6.45) is -0.260. The van der Waals surface area contributed by atoms with Gasteiger partial charge in [0.05, 0.1) is 0 Å². The Morgan fingerprint density at radius 2 is 1.64 bits per heavy atom.